The van der Waals surface area contributed by atoms with Crippen LogP contribution >= 0.6 is 0 Å². The van der Waals surface area contributed by atoms with Crippen LogP contribution in [0.3, 0.4) is 0 Å². The second-order valence-corrected chi connectivity index (χ2v) is 8.19. The summed E-state index contributed by atoms with van der Waals surface area (Å²) in [5.41, 5.74) is 0. The maximum Gasteiger partial charge on any atom is 0.264 e. The Hall–Kier alpha value is -0.660. The van der Waals surface area contributed by atoms with Crippen LogP contribution in [-0.4, -0.2) is 43.3 Å². The van der Waals surface area contributed by atoms with Crippen LogP contribution in [-0.2, 0) is 14.9 Å². The summed E-state index contributed by atoms with van der Waals surface area (Å²) in [6, 6.07) is -0.0288. The van der Waals surface area contributed by atoms with Gasteiger partial charge in [-0.25, -0.2) is 0 Å². The number of rotatable bonds is 9. The molecule has 1 amide bonds. The molecule has 0 radical (unpaired) electrons. The van der Waals surface area contributed by atoms with Crippen LogP contribution in [0.1, 0.15) is 58.8 Å². The van der Waals surface area contributed by atoms with Crippen molar-refractivity contribution < 1.29 is 17.8 Å². The Balaban J connectivity index is 2.42. The molecule has 3 N–H and O–H groups in total. The second kappa shape index (κ2) is 9.47. The third kappa shape index (κ3) is 8.70. The Bertz CT molecular complexity index is 431. The summed E-state index contributed by atoms with van der Waals surface area (Å²) in [5, 5.41) is 6.24. The van der Waals surface area contributed by atoms with Crippen molar-refractivity contribution in [2.45, 2.75) is 70.9 Å². The zero-order chi connectivity index (χ0) is 16.6. The minimum Gasteiger partial charge on any atom is -0.352 e. The standard InChI is InChI=1S/C15H30N2O4S/c1-12(2)11-14(16-9-6-10-22(19,20)21)15(18)17-13-7-4-3-5-8-13/h12-14,16H,3-11H2,1-2H3,(H,17,18)(H,19,20,21)/t14-/m0/s1. The van der Waals surface area contributed by atoms with Gasteiger partial charge in [0.2, 0.25) is 5.91 Å². The Labute approximate surface area is 134 Å². The number of carbonyl (C=O) groups is 1. The minimum atomic E-state index is -3.93. The minimum absolute atomic E-state index is 0.00690. The fourth-order valence-electron chi connectivity index (χ4n) is 2.83. The maximum atomic E-state index is 12.4. The molecule has 0 aromatic rings. The highest BCUT2D eigenvalue weighted by molar-refractivity contribution is 7.85. The Morgan fingerprint density at radius 3 is 2.41 bits per heavy atom. The molecular formula is C15H30N2O4S. The van der Waals surface area contributed by atoms with Gasteiger partial charge in [0, 0.05) is 6.04 Å². The molecule has 1 atom stereocenters. The van der Waals surface area contributed by atoms with Crippen molar-refractivity contribution in [2.24, 2.45) is 5.92 Å². The van der Waals surface area contributed by atoms with Crippen molar-refractivity contribution in [3.05, 3.63) is 0 Å². The molecule has 1 rings (SSSR count). The van der Waals surface area contributed by atoms with Crippen LogP contribution in [0.5, 0.6) is 0 Å². The van der Waals surface area contributed by atoms with Gasteiger partial charge in [-0.05, 0) is 38.1 Å². The number of amides is 1. The van der Waals surface area contributed by atoms with E-state index < -0.39 is 10.1 Å². The first-order valence-corrected chi connectivity index (χ1v) is 9.88. The predicted molar refractivity (Wildman–Crippen MR) is 87.3 cm³/mol. The van der Waals surface area contributed by atoms with Gasteiger partial charge in [0.15, 0.2) is 0 Å². The van der Waals surface area contributed by atoms with E-state index in [1.807, 2.05) is 0 Å². The fraction of sp³-hybridized carbons (Fsp3) is 0.933. The van der Waals surface area contributed by atoms with Crippen molar-refractivity contribution in [3.8, 4) is 0 Å². The second-order valence-electron chi connectivity index (χ2n) is 6.62. The average Bonchev–Trinajstić information content (AvgIpc) is 2.41. The topological polar surface area (TPSA) is 95.5 Å². The van der Waals surface area contributed by atoms with E-state index in [9.17, 15) is 13.2 Å². The largest absolute Gasteiger partial charge is 0.352 e. The van der Waals surface area contributed by atoms with E-state index in [1.54, 1.807) is 0 Å². The van der Waals surface area contributed by atoms with E-state index in [0.717, 1.165) is 12.8 Å². The van der Waals surface area contributed by atoms with Crippen molar-refractivity contribution in [1.29, 1.82) is 0 Å². The van der Waals surface area contributed by atoms with E-state index in [-0.39, 0.29) is 23.7 Å². The third-order valence-electron chi connectivity index (χ3n) is 3.94. The van der Waals surface area contributed by atoms with Crippen LogP contribution in [0.2, 0.25) is 0 Å². The molecule has 1 aliphatic rings. The molecule has 0 bridgehead atoms. The summed E-state index contributed by atoms with van der Waals surface area (Å²) in [4.78, 5) is 12.4. The molecule has 1 saturated carbocycles. The van der Waals surface area contributed by atoms with Gasteiger partial charge in [-0.2, -0.15) is 8.42 Å². The predicted octanol–water partition coefficient (Wildman–Crippen LogP) is 1.72. The van der Waals surface area contributed by atoms with Crippen molar-refractivity contribution >= 4 is 16.0 Å². The first kappa shape index (κ1) is 19.4. The molecule has 6 nitrogen and oxygen atoms in total. The highest BCUT2D eigenvalue weighted by Crippen LogP contribution is 2.17. The summed E-state index contributed by atoms with van der Waals surface area (Å²) in [5.74, 6) is 0.0992. The third-order valence-corrected chi connectivity index (χ3v) is 4.75. The Morgan fingerprint density at radius 1 is 1.23 bits per heavy atom. The van der Waals surface area contributed by atoms with Crippen LogP contribution in [0, 0.1) is 5.92 Å². The Morgan fingerprint density at radius 2 is 1.86 bits per heavy atom. The summed E-state index contributed by atoms with van der Waals surface area (Å²) in [6.45, 7) is 4.51. The molecule has 130 valence electrons. The molecule has 0 spiro atoms. The van der Waals surface area contributed by atoms with E-state index in [2.05, 4.69) is 24.5 Å². The van der Waals surface area contributed by atoms with Gasteiger partial charge in [-0.15, -0.1) is 0 Å². The van der Waals surface area contributed by atoms with Crippen LogP contribution in [0.15, 0.2) is 0 Å². The summed E-state index contributed by atoms with van der Waals surface area (Å²) < 4.78 is 30.1. The number of hydrogen-bond acceptors (Lipinski definition) is 4. The number of carbonyl (C=O) groups excluding carboxylic acids is 1. The number of hydrogen-bond donors (Lipinski definition) is 3. The molecule has 7 heteroatoms. The molecule has 22 heavy (non-hydrogen) atoms. The van der Waals surface area contributed by atoms with Crippen molar-refractivity contribution in [3.63, 3.8) is 0 Å². The molecule has 0 unspecified atom stereocenters. The molecular weight excluding hydrogens is 304 g/mol. The van der Waals surface area contributed by atoms with Crippen LogP contribution < -0.4 is 10.6 Å². The van der Waals surface area contributed by atoms with E-state index in [4.69, 9.17) is 4.55 Å². The van der Waals surface area contributed by atoms with Gasteiger partial charge >= 0.3 is 0 Å². The zero-order valence-corrected chi connectivity index (χ0v) is 14.5. The summed E-state index contributed by atoms with van der Waals surface area (Å²) in [6.07, 6.45) is 6.68. The molecule has 0 aromatic carbocycles. The molecule has 0 saturated heterocycles. The van der Waals surface area contributed by atoms with Crippen molar-refractivity contribution in [2.75, 3.05) is 12.3 Å². The fourth-order valence-corrected chi connectivity index (χ4v) is 3.34. The lowest BCUT2D eigenvalue weighted by molar-refractivity contribution is -0.124. The first-order chi connectivity index (χ1) is 10.3. The summed E-state index contributed by atoms with van der Waals surface area (Å²) >= 11 is 0. The van der Waals surface area contributed by atoms with Gasteiger partial charge < -0.3 is 10.6 Å². The molecule has 1 aliphatic carbocycles. The van der Waals surface area contributed by atoms with Gasteiger partial charge in [0.1, 0.15) is 0 Å². The Kier molecular flexibility index (Phi) is 8.35. The number of nitrogens with one attached hydrogen (secondary N) is 2. The molecule has 0 heterocycles. The lowest BCUT2D eigenvalue weighted by atomic mass is 9.94. The monoisotopic (exact) mass is 334 g/mol. The van der Waals surface area contributed by atoms with E-state index >= 15 is 0 Å². The SMILES string of the molecule is CC(C)C[C@H](NCCCS(=O)(=O)O)C(=O)NC1CCCCC1. The normalized spacial score (nSPS) is 18.4. The smallest absolute Gasteiger partial charge is 0.264 e. The van der Waals surface area contributed by atoms with E-state index in [1.165, 1.54) is 19.3 Å². The molecule has 1 fully saturated rings. The van der Waals surface area contributed by atoms with Crippen LogP contribution in [0.25, 0.3) is 0 Å². The highest BCUT2D eigenvalue weighted by Gasteiger charge is 2.23. The van der Waals surface area contributed by atoms with Crippen molar-refractivity contribution in [1.82, 2.24) is 10.6 Å². The summed E-state index contributed by atoms with van der Waals surface area (Å²) in [7, 11) is -3.93. The average molecular weight is 334 g/mol. The van der Waals surface area contributed by atoms with Gasteiger partial charge in [-0.3, -0.25) is 9.35 Å². The molecule has 0 aliphatic heterocycles. The lowest BCUT2D eigenvalue weighted by Gasteiger charge is -2.26. The van der Waals surface area contributed by atoms with Gasteiger partial charge in [0.05, 0.1) is 11.8 Å². The van der Waals surface area contributed by atoms with Crippen LogP contribution in [0.4, 0.5) is 0 Å². The highest BCUT2D eigenvalue weighted by atomic mass is 32.2. The lowest BCUT2D eigenvalue weighted by Crippen LogP contribution is -2.49. The first-order valence-electron chi connectivity index (χ1n) is 8.27. The van der Waals surface area contributed by atoms with Gasteiger partial charge in [0.25, 0.3) is 10.1 Å². The zero-order valence-electron chi connectivity index (χ0n) is 13.7. The van der Waals surface area contributed by atoms with E-state index in [0.29, 0.717) is 25.3 Å². The quantitative estimate of drug-likeness (QED) is 0.441. The molecule has 0 aromatic heterocycles. The maximum absolute atomic E-state index is 12.4. The van der Waals surface area contributed by atoms with Gasteiger partial charge in [-0.1, -0.05) is 33.1 Å².